The van der Waals surface area contributed by atoms with Gasteiger partial charge in [0.2, 0.25) is 0 Å². The summed E-state index contributed by atoms with van der Waals surface area (Å²) in [4.78, 5) is 24.6. The number of esters is 1. The molecule has 0 saturated carbocycles. The van der Waals surface area contributed by atoms with Crippen molar-refractivity contribution in [3.8, 4) is 6.07 Å². The molecule has 0 saturated heterocycles. The molecule has 9 heteroatoms. The summed E-state index contributed by atoms with van der Waals surface area (Å²) in [6.45, 7) is 3.32. The second kappa shape index (κ2) is 8.97. The standard InChI is InChI=1S/C21H17BrFN3O4/c1-12-13(2)26(10-15-4-3-7-29-15)20(17(12)9-24)25-19(27)11-30-21(28)16-8-14(23)5-6-18(16)22/h3-8H,10-11H2,1-2H3,(H,25,27). The predicted molar refractivity (Wildman–Crippen MR) is 109 cm³/mol. The van der Waals surface area contributed by atoms with Gasteiger partial charge < -0.3 is 19.0 Å². The minimum absolute atomic E-state index is 0.0339. The van der Waals surface area contributed by atoms with E-state index in [1.54, 1.807) is 23.6 Å². The summed E-state index contributed by atoms with van der Waals surface area (Å²) < 4.78 is 25.8. The average molecular weight is 474 g/mol. The highest BCUT2D eigenvalue weighted by molar-refractivity contribution is 9.10. The van der Waals surface area contributed by atoms with Crippen LogP contribution in [0.5, 0.6) is 0 Å². The van der Waals surface area contributed by atoms with Crippen LogP contribution in [0.2, 0.25) is 0 Å². The Morgan fingerprint density at radius 2 is 2.10 bits per heavy atom. The number of amides is 1. The van der Waals surface area contributed by atoms with Crippen LogP contribution in [0, 0.1) is 31.0 Å². The molecule has 0 aliphatic heterocycles. The maximum Gasteiger partial charge on any atom is 0.339 e. The molecule has 0 atom stereocenters. The summed E-state index contributed by atoms with van der Waals surface area (Å²) in [7, 11) is 0. The van der Waals surface area contributed by atoms with Gasteiger partial charge in [0.1, 0.15) is 23.5 Å². The third-order valence-electron chi connectivity index (χ3n) is 4.58. The Kier molecular flexibility index (Phi) is 6.37. The molecule has 0 aliphatic rings. The van der Waals surface area contributed by atoms with Gasteiger partial charge in [-0.25, -0.2) is 9.18 Å². The molecule has 1 amide bonds. The number of nitrogens with one attached hydrogen (secondary N) is 1. The number of ether oxygens (including phenoxy) is 1. The van der Waals surface area contributed by atoms with Crippen LogP contribution < -0.4 is 5.32 Å². The fourth-order valence-corrected chi connectivity index (χ4v) is 3.33. The Hall–Kier alpha value is -3.38. The molecule has 2 aromatic heterocycles. The fraction of sp³-hybridized carbons (Fsp3) is 0.190. The van der Waals surface area contributed by atoms with E-state index in [9.17, 15) is 19.2 Å². The number of anilines is 1. The number of nitrogens with zero attached hydrogens (tertiary/aromatic N) is 2. The zero-order valence-electron chi connectivity index (χ0n) is 16.2. The molecule has 0 fully saturated rings. The minimum atomic E-state index is -0.852. The van der Waals surface area contributed by atoms with Crippen LogP contribution in [-0.4, -0.2) is 23.1 Å². The zero-order valence-corrected chi connectivity index (χ0v) is 17.7. The predicted octanol–water partition coefficient (Wildman–Crippen LogP) is 4.32. The van der Waals surface area contributed by atoms with Crippen molar-refractivity contribution in [2.24, 2.45) is 0 Å². The molecule has 1 N–H and O–H groups in total. The van der Waals surface area contributed by atoms with Gasteiger partial charge >= 0.3 is 5.97 Å². The van der Waals surface area contributed by atoms with E-state index in [4.69, 9.17) is 9.15 Å². The summed E-state index contributed by atoms with van der Waals surface area (Å²) in [6.07, 6.45) is 1.54. The lowest BCUT2D eigenvalue weighted by atomic mass is 10.2. The van der Waals surface area contributed by atoms with Crippen LogP contribution in [0.15, 0.2) is 45.5 Å². The van der Waals surface area contributed by atoms with E-state index in [2.05, 4.69) is 27.3 Å². The highest BCUT2D eigenvalue weighted by atomic mass is 79.9. The lowest BCUT2D eigenvalue weighted by Gasteiger charge is -2.12. The van der Waals surface area contributed by atoms with Gasteiger partial charge in [0, 0.05) is 10.2 Å². The fourth-order valence-electron chi connectivity index (χ4n) is 2.92. The van der Waals surface area contributed by atoms with Crippen molar-refractivity contribution in [1.29, 1.82) is 5.26 Å². The quantitative estimate of drug-likeness (QED) is 0.537. The minimum Gasteiger partial charge on any atom is -0.467 e. The number of nitriles is 1. The van der Waals surface area contributed by atoms with Gasteiger partial charge in [0.05, 0.1) is 23.9 Å². The zero-order chi connectivity index (χ0) is 21.8. The molecule has 2 heterocycles. The van der Waals surface area contributed by atoms with Crippen LogP contribution in [0.1, 0.15) is 32.9 Å². The van der Waals surface area contributed by atoms with Crippen molar-refractivity contribution in [1.82, 2.24) is 4.57 Å². The number of aromatic nitrogens is 1. The summed E-state index contributed by atoms with van der Waals surface area (Å²) in [5, 5.41) is 12.2. The lowest BCUT2D eigenvalue weighted by Crippen LogP contribution is -2.23. The van der Waals surface area contributed by atoms with Crippen molar-refractivity contribution < 1.29 is 23.1 Å². The Morgan fingerprint density at radius 3 is 2.77 bits per heavy atom. The monoisotopic (exact) mass is 473 g/mol. The Morgan fingerprint density at radius 1 is 1.33 bits per heavy atom. The number of carbonyl (C=O) groups excluding carboxylic acids is 2. The number of hydrogen-bond acceptors (Lipinski definition) is 5. The van der Waals surface area contributed by atoms with Crippen LogP contribution in [-0.2, 0) is 16.1 Å². The summed E-state index contributed by atoms with van der Waals surface area (Å²) in [6, 6.07) is 9.20. The molecular weight excluding hydrogens is 457 g/mol. The normalized spacial score (nSPS) is 10.5. The van der Waals surface area contributed by atoms with Gasteiger partial charge in [0.15, 0.2) is 6.61 Å². The third kappa shape index (κ3) is 4.44. The number of hydrogen-bond donors (Lipinski definition) is 1. The van der Waals surface area contributed by atoms with Crippen molar-refractivity contribution >= 4 is 33.6 Å². The van der Waals surface area contributed by atoms with Crippen molar-refractivity contribution in [2.75, 3.05) is 11.9 Å². The van der Waals surface area contributed by atoms with Crippen LogP contribution in [0.25, 0.3) is 0 Å². The smallest absolute Gasteiger partial charge is 0.339 e. The molecule has 3 aromatic rings. The highest BCUT2D eigenvalue weighted by Gasteiger charge is 2.21. The van der Waals surface area contributed by atoms with Gasteiger partial charge in [-0.2, -0.15) is 5.26 Å². The molecule has 0 unspecified atom stereocenters. The number of rotatable bonds is 6. The second-order valence-corrected chi connectivity index (χ2v) is 7.31. The molecular formula is C21H17BrFN3O4. The van der Waals surface area contributed by atoms with Gasteiger partial charge in [-0.3, -0.25) is 4.79 Å². The number of benzene rings is 1. The molecule has 154 valence electrons. The highest BCUT2D eigenvalue weighted by Crippen LogP contribution is 2.27. The SMILES string of the molecule is Cc1c(C#N)c(NC(=O)COC(=O)c2cc(F)ccc2Br)n(Cc2ccco2)c1C. The molecule has 30 heavy (non-hydrogen) atoms. The first kappa shape index (κ1) is 21.3. The third-order valence-corrected chi connectivity index (χ3v) is 5.27. The number of halogens is 2. The first-order valence-electron chi connectivity index (χ1n) is 8.86. The van der Waals surface area contributed by atoms with Crippen LogP contribution in [0.4, 0.5) is 10.2 Å². The van der Waals surface area contributed by atoms with Crippen molar-refractivity contribution in [2.45, 2.75) is 20.4 Å². The summed E-state index contributed by atoms with van der Waals surface area (Å²) in [5.41, 5.74) is 1.79. The topological polar surface area (TPSA) is 97.3 Å². The van der Waals surface area contributed by atoms with E-state index in [1.165, 1.54) is 18.4 Å². The second-order valence-electron chi connectivity index (χ2n) is 6.46. The lowest BCUT2D eigenvalue weighted by molar-refractivity contribution is -0.119. The van der Waals surface area contributed by atoms with E-state index < -0.39 is 24.3 Å². The Balaban J connectivity index is 1.76. The van der Waals surface area contributed by atoms with Gasteiger partial charge in [-0.15, -0.1) is 0 Å². The number of carbonyl (C=O) groups is 2. The van der Waals surface area contributed by atoms with E-state index in [1.807, 2.05) is 6.92 Å². The Labute approximate surface area is 180 Å². The maximum absolute atomic E-state index is 13.4. The molecule has 0 spiro atoms. The molecule has 7 nitrogen and oxygen atoms in total. The van der Waals surface area contributed by atoms with Crippen molar-refractivity contribution in [3.05, 3.63) is 75.0 Å². The number of furan rings is 1. The van der Waals surface area contributed by atoms with E-state index in [0.717, 1.165) is 17.3 Å². The average Bonchev–Trinajstić information content (AvgIpc) is 3.31. The maximum atomic E-state index is 13.4. The van der Waals surface area contributed by atoms with Gasteiger partial charge in [0.25, 0.3) is 5.91 Å². The first-order valence-corrected chi connectivity index (χ1v) is 9.65. The largest absolute Gasteiger partial charge is 0.467 e. The van der Waals surface area contributed by atoms with Gasteiger partial charge in [-0.1, -0.05) is 0 Å². The molecule has 0 bridgehead atoms. The van der Waals surface area contributed by atoms with Crippen LogP contribution in [0.3, 0.4) is 0 Å². The van der Waals surface area contributed by atoms with E-state index >= 15 is 0 Å². The van der Waals surface area contributed by atoms with Crippen molar-refractivity contribution in [3.63, 3.8) is 0 Å². The summed E-state index contributed by atoms with van der Waals surface area (Å²) >= 11 is 3.14. The van der Waals surface area contributed by atoms with Gasteiger partial charge in [-0.05, 0) is 65.7 Å². The Bertz CT molecular complexity index is 1150. The molecule has 0 aliphatic carbocycles. The first-order chi connectivity index (χ1) is 14.3. The molecule has 0 radical (unpaired) electrons. The van der Waals surface area contributed by atoms with E-state index in [-0.39, 0.29) is 11.4 Å². The van der Waals surface area contributed by atoms with E-state index in [0.29, 0.717) is 22.3 Å². The molecule has 1 aromatic carbocycles. The summed E-state index contributed by atoms with van der Waals surface area (Å²) in [5.74, 6) is -1.15. The van der Waals surface area contributed by atoms with Crippen LogP contribution >= 0.6 is 15.9 Å². The molecule has 3 rings (SSSR count).